The number of rotatable bonds is 5. The normalized spacial score (nSPS) is 10.4. The first-order chi connectivity index (χ1) is 7.56. The molecule has 1 rings (SSSR count). The van der Waals surface area contributed by atoms with Gasteiger partial charge in [-0.2, -0.15) is 3.64 Å². The number of nitrogens with one attached hydrogen (secondary N) is 3. The zero-order valence-electron chi connectivity index (χ0n) is 8.95. The van der Waals surface area contributed by atoms with Gasteiger partial charge >= 0.3 is 0 Å². The van der Waals surface area contributed by atoms with Crippen LogP contribution in [0.3, 0.4) is 0 Å². The molecule has 0 amide bonds. The summed E-state index contributed by atoms with van der Waals surface area (Å²) in [5, 5.41) is 10.9. The molecule has 0 saturated heterocycles. The standard InChI is InChI=1S/C9H13IN4O2/c1-6(2)7-3-4-8(12-13-10-11)9(5-7)14(15)16/h3-6,12H,1-2H3,(H2,11,13). The van der Waals surface area contributed by atoms with Crippen molar-refractivity contribution in [3.05, 3.63) is 33.9 Å². The highest BCUT2D eigenvalue weighted by Crippen LogP contribution is 2.28. The van der Waals surface area contributed by atoms with Crippen LogP contribution in [0.1, 0.15) is 25.3 Å². The van der Waals surface area contributed by atoms with Gasteiger partial charge in [0.2, 0.25) is 0 Å². The van der Waals surface area contributed by atoms with E-state index in [1.807, 2.05) is 19.9 Å². The first-order valence-electron chi connectivity index (χ1n) is 4.65. The van der Waals surface area contributed by atoms with Gasteiger partial charge in [0.15, 0.2) is 0 Å². The van der Waals surface area contributed by atoms with Gasteiger partial charge in [0, 0.05) is 6.07 Å². The summed E-state index contributed by atoms with van der Waals surface area (Å²) < 4.78 is 9.64. The second-order valence-corrected chi connectivity index (χ2v) is 4.58. The summed E-state index contributed by atoms with van der Waals surface area (Å²) in [6.45, 7) is 3.97. The lowest BCUT2D eigenvalue weighted by molar-refractivity contribution is -0.384. The maximum atomic E-state index is 10.9. The fourth-order valence-electron chi connectivity index (χ4n) is 1.24. The van der Waals surface area contributed by atoms with Gasteiger partial charge in [0.05, 0.1) is 26.2 Å². The lowest BCUT2D eigenvalue weighted by Gasteiger charge is -2.08. The highest BCUT2D eigenvalue weighted by Gasteiger charge is 2.15. The van der Waals surface area contributed by atoms with E-state index in [0.717, 1.165) is 5.56 Å². The molecular weight excluding hydrogens is 323 g/mol. The third kappa shape index (κ3) is 3.20. The van der Waals surface area contributed by atoms with E-state index in [0.29, 0.717) is 5.69 Å². The monoisotopic (exact) mass is 336 g/mol. The van der Waals surface area contributed by atoms with Crippen LogP contribution < -0.4 is 9.06 Å². The molecule has 0 bridgehead atoms. The van der Waals surface area contributed by atoms with E-state index in [4.69, 9.17) is 3.56 Å². The van der Waals surface area contributed by atoms with Crippen LogP contribution in [0.25, 0.3) is 0 Å². The maximum Gasteiger partial charge on any atom is 0.293 e. The minimum atomic E-state index is -0.905. The van der Waals surface area contributed by atoms with Gasteiger partial charge < -0.3 is 5.43 Å². The Morgan fingerprint density at radius 1 is 1.50 bits per heavy atom. The van der Waals surface area contributed by atoms with E-state index in [-0.39, 0.29) is 11.6 Å². The average Bonchev–Trinajstić information content (AvgIpc) is 2.25. The summed E-state index contributed by atoms with van der Waals surface area (Å²) in [6, 6.07) is 5.08. The molecule has 16 heavy (non-hydrogen) atoms. The van der Waals surface area contributed by atoms with Crippen LogP contribution in [-0.4, -0.2) is 4.92 Å². The highest BCUT2D eigenvalue weighted by molar-refractivity contribution is 14.1. The van der Waals surface area contributed by atoms with Gasteiger partial charge in [0.25, 0.3) is 5.69 Å². The topological polar surface area (TPSA) is 91.0 Å². The number of nitrogens with zero attached hydrogens (tertiary/aromatic N) is 1. The zero-order chi connectivity index (χ0) is 12.1. The van der Waals surface area contributed by atoms with Crippen molar-refractivity contribution in [2.45, 2.75) is 19.8 Å². The van der Waals surface area contributed by atoms with Crippen molar-refractivity contribution in [2.75, 3.05) is 5.43 Å². The molecule has 0 aromatic heterocycles. The molecule has 0 atom stereocenters. The molecule has 0 saturated carbocycles. The molecule has 0 aliphatic rings. The summed E-state index contributed by atoms with van der Waals surface area (Å²) in [4.78, 5) is 10.4. The summed E-state index contributed by atoms with van der Waals surface area (Å²) >= 11 is -0.905. The Labute approximate surface area is 104 Å². The van der Waals surface area contributed by atoms with Gasteiger partial charge in [-0.3, -0.25) is 13.7 Å². The second kappa shape index (κ2) is 5.85. The van der Waals surface area contributed by atoms with Crippen LogP contribution in [0.15, 0.2) is 18.2 Å². The molecule has 0 fully saturated rings. The number of anilines is 1. The van der Waals surface area contributed by atoms with Crippen LogP contribution in [-0.2, 0) is 0 Å². The number of nitro benzene ring substituents is 1. The molecular formula is C9H13IN4O2. The minimum absolute atomic E-state index is 0.0381. The first kappa shape index (κ1) is 13.0. The smallest absolute Gasteiger partial charge is 0.293 e. The molecule has 0 radical (unpaired) electrons. The Kier molecular flexibility index (Phi) is 4.74. The third-order valence-electron chi connectivity index (χ3n) is 2.11. The van der Waals surface area contributed by atoms with Crippen molar-refractivity contribution in [1.29, 1.82) is 3.56 Å². The average molecular weight is 336 g/mol. The number of hydrogen-bond donors (Lipinski definition) is 3. The van der Waals surface area contributed by atoms with E-state index < -0.39 is 26.2 Å². The van der Waals surface area contributed by atoms with Crippen molar-refractivity contribution in [1.82, 2.24) is 3.64 Å². The van der Waals surface area contributed by atoms with E-state index in [1.54, 1.807) is 12.1 Å². The van der Waals surface area contributed by atoms with Gasteiger partial charge in [0.1, 0.15) is 5.69 Å². The summed E-state index contributed by atoms with van der Waals surface area (Å²) in [5.74, 6) is 0.254. The number of hydrazine groups is 1. The lowest BCUT2D eigenvalue weighted by Crippen LogP contribution is -2.10. The fraction of sp³-hybridized carbons (Fsp3) is 0.333. The van der Waals surface area contributed by atoms with Crippen LogP contribution in [0.5, 0.6) is 0 Å². The second-order valence-electron chi connectivity index (χ2n) is 3.50. The SMILES string of the molecule is CC(C)c1ccc(NNI=N)c([N+](=O)[O-])c1. The largest absolute Gasteiger partial charge is 0.306 e. The van der Waals surface area contributed by atoms with Gasteiger partial charge in [-0.25, -0.2) is 0 Å². The maximum absolute atomic E-state index is 10.9. The van der Waals surface area contributed by atoms with Crippen molar-refractivity contribution >= 4 is 32.7 Å². The lowest BCUT2D eigenvalue weighted by atomic mass is 10.0. The van der Waals surface area contributed by atoms with Crippen molar-refractivity contribution in [2.24, 2.45) is 0 Å². The molecule has 88 valence electrons. The van der Waals surface area contributed by atoms with Gasteiger partial charge in [-0.15, -0.1) is 0 Å². The zero-order valence-corrected chi connectivity index (χ0v) is 11.1. The number of benzene rings is 1. The molecule has 7 heteroatoms. The number of nitro groups is 1. The molecule has 6 nitrogen and oxygen atoms in total. The van der Waals surface area contributed by atoms with Crippen LogP contribution in [0.2, 0.25) is 0 Å². The summed E-state index contributed by atoms with van der Waals surface area (Å²) in [6.07, 6.45) is 0. The van der Waals surface area contributed by atoms with E-state index in [9.17, 15) is 10.1 Å². The Balaban J connectivity index is 3.09. The Hall–Kier alpha value is -1.09. The van der Waals surface area contributed by atoms with E-state index >= 15 is 0 Å². The number of hydrogen-bond acceptors (Lipinski definition) is 4. The third-order valence-corrected chi connectivity index (χ3v) is 2.65. The van der Waals surface area contributed by atoms with Crippen molar-refractivity contribution in [3.8, 4) is 0 Å². The Bertz CT molecular complexity index is 408. The molecule has 1 aromatic carbocycles. The predicted molar refractivity (Wildman–Crippen MR) is 70.7 cm³/mol. The minimum Gasteiger partial charge on any atom is -0.306 e. The molecule has 0 heterocycles. The molecule has 3 N–H and O–H groups in total. The van der Waals surface area contributed by atoms with Crippen molar-refractivity contribution in [3.63, 3.8) is 0 Å². The van der Waals surface area contributed by atoms with Crippen molar-refractivity contribution < 1.29 is 4.92 Å². The first-order valence-corrected chi connectivity index (χ1v) is 6.81. The van der Waals surface area contributed by atoms with Crippen LogP contribution in [0, 0.1) is 13.7 Å². The summed E-state index contributed by atoms with van der Waals surface area (Å²) in [7, 11) is 0. The highest BCUT2D eigenvalue weighted by atomic mass is 127. The summed E-state index contributed by atoms with van der Waals surface area (Å²) in [5.41, 5.74) is 4.05. The van der Waals surface area contributed by atoms with Crippen LogP contribution >= 0.6 is 21.3 Å². The molecule has 1 aromatic rings. The van der Waals surface area contributed by atoms with Crippen LogP contribution in [0.4, 0.5) is 11.4 Å². The Morgan fingerprint density at radius 2 is 2.19 bits per heavy atom. The van der Waals surface area contributed by atoms with E-state index in [2.05, 4.69) is 9.06 Å². The fourth-order valence-corrected chi connectivity index (χ4v) is 1.66. The predicted octanol–water partition coefficient (Wildman–Crippen LogP) is 3.28. The molecule has 0 aliphatic carbocycles. The molecule has 0 spiro atoms. The van der Waals surface area contributed by atoms with Gasteiger partial charge in [-0.1, -0.05) is 19.9 Å². The van der Waals surface area contributed by atoms with Gasteiger partial charge in [-0.05, 0) is 17.5 Å². The molecule has 0 unspecified atom stereocenters. The quantitative estimate of drug-likeness (QED) is 0.333. The number of halogens is 1. The Morgan fingerprint density at radius 3 is 2.69 bits per heavy atom. The molecule has 0 aliphatic heterocycles. The van der Waals surface area contributed by atoms with E-state index in [1.165, 1.54) is 0 Å².